The predicted molar refractivity (Wildman–Crippen MR) is 81.0 cm³/mol. The molecule has 22 heavy (non-hydrogen) atoms. The molecule has 0 aliphatic heterocycles. The Morgan fingerprint density at radius 2 is 2.00 bits per heavy atom. The minimum absolute atomic E-state index is 0.000972. The minimum Gasteiger partial charge on any atom is -0.376 e. The molecule has 0 fully saturated rings. The number of sulfonamides is 1. The SMILES string of the molecule is C[C@@H](Nc1ccc(C#N)cc1F)c1cccc(S(N)(=O)=O)c1. The second-order valence-electron chi connectivity index (χ2n) is 4.79. The van der Waals surface area contributed by atoms with Crippen molar-refractivity contribution in [3.63, 3.8) is 0 Å². The fourth-order valence-electron chi connectivity index (χ4n) is 1.98. The van der Waals surface area contributed by atoms with Gasteiger partial charge in [-0.1, -0.05) is 12.1 Å². The standard InChI is InChI=1S/C15H14FN3O2S/c1-10(12-3-2-4-13(8-12)22(18,20)21)19-15-6-5-11(9-17)7-14(15)16/h2-8,10,19H,1H3,(H2,18,20,21)/t10-/m1/s1. The number of anilines is 1. The molecule has 0 saturated carbocycles. The van der Waals surface area contributed by atoms with Crippen molar-refractivity contribution in [3.8, 4) is 6.07 Å². The second-order valence-corrected chi connectivity index (χ2v) is 6.35. The zero-order chi connectivity index (χ0) is 16.3. The first-order chi connectivity index (χ1) is 10.3. The van der Waals surface area contributed by atoms with Gasteiger partial charge in [0, 0.05) is 6.04 Å². The summed E-state index contributed by atoms with van der Waals surface area (Å²) in [6.45, 7) is 1.76. The van der Waals surface area contributed by atoms with Gasteiger partial charge in [-0.2, -0.15) is 5.26 Å². The first-order valence-corrected chi connectivity index (χ1v) is 7.95. The zero-order valence-electron chi connectivity index (χ0n) is 11.7. The maximum absolute atomic E-state index is 13.9. The van der Waals surface area contributed by atoms with Crippen LogP contribution in [-0.4, -0.2) is 8.42 Å². The summed E-state index contributed by atoms with van der Waals surface area (Å²) in [4.78, 5) is -0.000972. The number of benzene rings is 2. The van der Waals surface area contributed by atoms with Gasteiger partial charge in [-0.25, -0.2) is 17.9 Å². The van der Waals surface area contributed by atoms with E-state index in [1.54, 1.807) is 19.1 Å². The highest BCUT2D eigenvalue weighted by Crippen LogP contribution is 2.23. The molecule has 1 atom stereocenters. The number of nitrogens with zero attached hydrogens (tertiary/aromatic N) is 1. The van der Waals surface area contributed by atoms with Crippen LogP contribution in [0.3, 0.4) is 0 Å². The largest absolute Gasteiger partial charge is 0.376 e. The van der Waals surface area contributed by atoms with E-state index in [0.717, 1.165) is 6.07 Å². The first-order valence-electron chi connectivity index (χ1n) is 6.40. The van der Waals surface area contributed by atoms with Crippen LogP contribution in [0.5, 0.6) is 0 Å². The van der Waals surface area contributed by atoms with Crippen LogP contribution in [0.15, 0.2) is 47.4 Å². The normalized spacial score (nSPS) is 12.5. The number of hydrogen-bond acceptors (Lipinski definition) is 4. The fraction of sp³-hybridized carbons (Fsp3) is 0.133. The molecule has 0 spiro atoms. The smallest absolute Gasteiger partial charge is 0.238 e. The van der Waals surface area contributed by atoms with Crippen molar-refractivity contribution in [2.24, 2.45) is 5.14 Å². The number of nitrogens with one attached hydrogen (secondary N) is 1. The maximum atomic E-state index is 13.9. The van der Waals surface area contributed by atoms with E-state index in [1.165, 1.54) is 24.3 Å². The molecule has 0 bridgehead atoms. The van der Waals surface area contributed by atoms with Crippen LogP contribution >= 0.6 is 0 Å². The first kappa shape index (κ1) is 15.9. The molecule has 0 amide bonds. The lowest BCUT2D eigenvalue weighted by molar-refractivity contribution is 0.597. The van der Waals surface area contributed by atoms with E-state index >= 15 is 0 Å². The Labute approximate surface area is 128 Å². The molecule has 0 radical (unpaired) electrons. The average molecular weight is 319 g/mol. The summed E-state index contributed by atoms with van der Waals surface area (Å²) in [6.07, 6.45) is 0. The quantitative estimate of drug-likeness (QED) is 0.905. The third-order valence-corrected chi connectivity index (χ3v) is 4.07. The van der Waals surface area contributed by atoms with Crippen molar-refractivity contribution >= 4 is 15.7 Å². The lowest BCUT2D eigenvalue weighted by Gasteiger charge is -2.17. The third kappa shape index (κ3) is 3.61. The number of nitriles is 1. The lowest BCUT2D eigenvalue weighted by atomic mass is 10.1. The molecule has 0 saturated heterocycles. The van der Waals surface area contributed by atoms with Crippen molar-refractivity contribution in [1.29, 1.82) is 5.26 Å². The number of hydrogen-bond donors (Lipinski definition) is 2. The molecule has 7 heteroatoms. The molecule has 0 aromatic heterocycles. The summed E-state index contributed by atoms with van der Waals surface area (Å²) in [5.74, 6) is -0.548. The van der Waals surface area contributed by atoms with Crippen LogP contribution < -0.4 is 10.5 Å². The molecular formula is C15H14FN3O2S. The number of nitrogens with two attached hydrogens (primary N) is 1. The highest BCUT2D eigenvalue weighted by molar-refractivity contribution is 7.89. The molecule has 2 aromatic rings. The van der Waals surface area contributed by atoms with E-state index in [1.807, 2.05) is 6.07 Å². The van der Waals surface area contributed by atoms with Gasteiger partial charge >= 0.3 is 0 Å². The summed E-state index contributed by atoms with van der Waals surface area (Å²) in [7, 11) is -3.79. The number of primary sulfonamides is 1. The van der Waals surface area contributed by atoms with E-state index in [-0.39, 0.29) is 22.2 Å². The highest BCUT2D eigenvalue weighted by Gasteiger charge is 2.13. The molecule has 0 heterocycles. The van der Waals surface area contributed by atoms with E-state index < -0.39 is 15.8 Å². The van der Waals surface area contributed by atoms with E-state index in [0.29, 0.717) is 5.56 Å². The van der Waals surface area contributed by atoms with Crippen molar-refractivity contribution in [1.82, 2.24) is 0 Å². The molecule has 114 valence electrons. The van der Waals surface area contributed by atoms with Crippen LogP contribution in [-0.2, 0) is 10.0 Å². The highest BCUT2D eigenvalue weighted by atomic mass is 32.2. The average Bonchev–Trinajstić information content (AvgIpc) is 2.48. The van der Waals surface area contributed by atoms with E-state index in [9.17, 15) is 12.8 Å². The molecular weight excluding hydrogens is 305 g/mol. The summed E-state index contributed by atoms with van der Waals surface area (Å²) in [5.41, 5.74) is 1.11. The van der Waals surface area contributed by atoms with Gasteiger partial charge in [0.2, 0.25) is 10.0 Å². The Kier molecular flexibility index (Phi) is 4.45. The van der Waals surface area contributed by atoms with Gasteiger partial charge in [0.1, 0.15) is 5.82 Å². The molecule has 5 nitrogen and oxygen atoms in total. The topological polar surface area (TPSA) is 96.0 Å². The van der Waals surface area contributed by atoms with Crippen molar-refractivity contribution in [2.45, 2.75) is 17.9 Å². The van der Waals surface area contributed by atoms with Crippen LogP contribution in [0, 0.1) is 17.1 Å². The van der Waals surface area contributed by atoms with Gasteiger partial charge in [0.15, 0.2) is 0 Å². The summed E-state index contributed by atoms with van der Waals surface area (Å²) >= 11 is 0. The summed E-state index contributed by atoms with van der Waals surface area (Å²) in [6, 6.07) is 11.7. The van der Waals surface area contributed by atoms with E-state index in [2.05, 4.69) is 5.32 Å². The van der Waals surface area contributed by atoms with Gasteiger partial charge in [-0.15, -0.1) is 0 Å². The van der Waals surface area contributed by atoms with Crippen LogP contribution in [0.1, 0.15) is 24.1 Å². The molecule has 2 aromatic carbocycles. The van der Waals surface area contributed by atoms with Gasteiger partial charge in [0.05, 0.1) is 22.2 Å². The van der Waals surface area contributed by atoms with E-state index in [4.69, 9.17) is 10.4 Å². The predicted octanol–water partition coefficient (Wildman–Crippen LogP) is 2.52. The van der Waals surface area contributed by atoms with Gasteiger partial charge < -0.3 is 5.32 Å². The Balaban J connectivity index is 2.26. The Morgan fingerprint density at radius 1 is 1.27 bits per heavy atom. The Bertz CT molecular complexity index is 844. The molecule has 0 aliphatic rings. The van der Waals surface area contributed by atoms with Crippen molar-refractivity contribution < 1.29 is 12.8 Å². The minimum atomic E-state index is -3.79. The summed E-state index contributed by atoms with van der Waals surface area (Å²) < 4.78 is 36.6. The number of rotatable bonds is 4. The second kappa shape index (κ2) is 6.13. The molecule has 0 unspecified atom stereocenters. The third-order valence-electron chi connectivity index (χ3n) is 3.16. The van der Waals surface area contributed by atoms with Gasteiger partial charge in [-0.3, -0.25) is 0 Å². The Hall–Kier alpha value is -2.43. The molecule has 2 rings (SSSR count). The summed E-state index contributed by atoms with van der Waals surface area (Å²) in [5, 5.41) is 16.7. The fourth-order valence-corrected chi connectivity index (χ4v) is 2.55. The van der Waals surface area contributed by atoms with Crippen LogP contribution in [0.25, 0.3) is 0 Å². The maximum Gasteiger partial charge on any atom is 0.238 e. The van der Waals surface area contributed by atoms with Crippen LogP contribution in [0.2, 0.25) is 0 Å². The van der Waals surface area contributed by atoms with Crippen LogP contribution in [0.4, 0.5) is 10.1 Å². The lowest BCUT2D eigenvalue weighted by Crippen LogP contribution is -2.14. The molecule has 3 N–H and O–H groups in total. The van der Waals surface area contributed by atoms with Crippen molar-refractivity contribution in [2.75, 3.05) is 5.32 Å². The monoisotopic (exact) mass is 319 g/mol. The zero-order valence-corrected chi connectivity index (χ0v) is 12.6. The molecule has 0 aliphatic carbocycles. The van der Waals surface area contributed by atoms with Crippen molar-refractivity contribution in [3.05, 3.63) is 59.4 Å². The Morgan fingerprint density at radius 3 is 2.59 bits per heavy atom. The van der Waals surface area contributed by atoms with Gasteiger partial charge in [-0.05, 0) is 42.8 Å². The number of halogens is 1. The van der Waals surface area contributed by atoms with Gasteiger partial charge in [0.25, 0.3) is 0 Å².